The molecule has 9 heteroatoms. The second-order valence-corrected chi connectivity index (χ2v) is 8.14. The summed E-state index contributed by atoms with van der Waals surface area (Å²) in [5, 5.41) is 10.2. The van der Waals surface area contributed by atoms with E-state index in [1.54, 1.807) is 20.8 Å². The number of amides is 1. The van der Waals surface area contributed by atoms with Crippen LogP contribution in [0.15, 0.2) is 28.7 Å². The Labute approximate surface area is 172 Å². The standard InChI is InChI=1S/C21H25F3N2O4/c1-12-9-10-14(18-25-17(13(2)29-18)20(3,4)28)11-26(12)19(27)15-7-5-6-8-16(15)30-21(22,23)24/h5-8,12,14,28H,9-11H2,1-4H3/t12-,14-/m1/s1. The van der Waals surface area contributed by atoms with Gasteiger partial charge in [0.15, 0.2) is 5.89 Å². The van der Waals surface area contributed by atoms with Gasteiger partial charge in [0.25, 0.3) is 5.91 Å². The molecule has 1 saturated heterocycles. The van der Waals surface area contributed by atoms with Crippen LogP contribution in [-0.4, -0.2) is 39.8 Å². The lowest BCUT2D eigenvalue weighted by molar-refractivity contribution is -0.274. The van der Waals surface area contributed by atoms with Crippen molar-refractivity contribution in [2.75, 3.05) is 6.54 Å². The number of aromatic nitrogens is 1. The van der Waals surface area contributed by atoms with Gasteiger partial charge in [-0.1, -0.05) is 12.1 Å². The van der Waals surface area contributed by atoms with Crippen molar-refractivity contribution in [2.24, 2.45) is 0 Å². The lowest BCUT2D eigenvalue weighted by Gasteiger charge is -2.37. The molecule has 2 aromatic rings. The van der Waals surface area contributed by atoms with Crippen LogP contribution in [0.3, 0.4) is 0 Å². The van der Waals surface area contributed by atoms with Gasteiger partial charge in [-0.05, 0) is 52.7 Å². The zero-order chi connectivity index (χ0) is 22.3. The molecule has 0 unspecified atom stereocenters. The number of nitrogens with zero attached hydrogens (tertiary/aromatic N) is 2. The highest BCUT2D eigenvalue weighted by molar-refractivity contribution is 5.97. The van der Waals surface area contributed by atoms with E-state index >= 15 is 0 Å². The van der Waals surface area contributed by atoms with E-state index in [0.717, 1.165) is 6.07 Å². The maximum absolute atomic E-state index is 13.1. The summed E-state index contributed by atoms with van der Waals surface area (Å²) in [7, 11) is 0. The zero-order valence-electron chi connectivity index (χ0n) is 17.3. The highest BCUT2D eigenvalue weighted by atomic mass is 19.4. The number of aliphatic hydroxyl groups is 1. The molecule has 2 atom stereocenters. The Kier molecular flexibility index (Phi) is 5.86. The minimum Gasteiger partial charge on any atom is -0.445 e. The van der Waals surface area contributed by atoms with Crippen molar-refractivity contribution in [1.82, 2.24) is 9.88 Å². The molecule has 1 aliphatic heterocycles. The minimum atomic E-state index is -4.89. The third-order valence-corrected chi connectivity index (χ3v) is 5.23. The number of piperidine rings is 1. The van der Waals surface area contributed by atoms with Gasteiger partial charge in [0, 0.05) is 12.6 Å². The molecule has 1 N–H and O–H groups in total. The average molecular weight is 426 g/mol. The average Bonchev–Trinajstić information content (AvgIpc) is 3.03. The van der Waals surface area contributed by atoms with Crippen LogP contribution in [0.5, 0.6) is 5.75 Å². The van der Waals surface area contributed by atoms with Crippen LogP contribution in [0.2, 0.25) is 0 Å². The normalized spacial score (nSPS) is 20.3. The van der Waals surface area contributed by atoms with Gasteiger partial charge in [-0.3, -0.25) is 4.79 Å². The van der Waals surface area contributed by atoms with Gasteiger partial charge in [0.2, 0.25) is 0 Å². The Bertz CT molecular complexity index is 918. The number of rotatable bonds is 4. The third kappa shape index (κ3) is 4.77. The van der Waals surface area contributed by atoms with Crippen LogP contribution in [0.25, 0.3) is 0 Å². The zero-order valence-corrected chi connectivity index (χ0v) is 17.3. The molecule has 164 valence electrons. The fraction of sp³-hybridized carbons (Fsp3) is 0.524. The third-order valence-electron chi connectivity index (χ3n) is 5.23. The number of ether oxygens (including phenoxy) is 1. The van der Waals surface area contributed by atoms with E-state index in [-0.39, 0.29) is 24.1 Å². The smallest absolute Gasteiger partial charge is 0.445 e. The summed E-state index contributed by atoms with van der Waals surface area (Å²) < 4.78 is 48.0. The summed E-state index contributed by atoms with van der Waals surface area (Å²) in [5.41, 5.74) is -0.891. The Morgan fingerprint density at radius 2 is 1.93 bits per heavy atom. The number of hydrogen-bond donors (Lipinski definition) is 1. The molecule has 0 saturated carbocycles. The number of hydrogen-bond acceptors (Lipinski definition) is 5. The number of halogens is 3. The van der Waals surface area contributed by atoms with Crippen LogP contribution in [0.4, 0.5) is 13.2 Å². The van der Waals surface area contributed by atoms with E-state index in [0.29, 0.717) is 30.2 Å². The molecule has 1 aromatic heterocycles. The van der Waals surface area contributed by atoms with E-state index in [2.05, 4.69) is 9.72 Å². The van der Waals surface area contributed by atoms with Gasteiger partial charge in [-0.2, -0.15) is 0 Å². The van der Waals surface area contributed by atoms with Crippen LogP contribution in [-0.2, 0) is 5.60 Å². The number of likely N-dealkylation sites (tertiary alicyclic amines) is 1. The van der Waals surface area contributed by atoms with Crippen LogP contribution < -0.4 is 4.74 Å². The first-order valence-corrected chi connectivity index (χ1v) is 9.72. The van der Waals surface area contributed by atoms with E-state index in [1.807, 2.05) is 6.92 Å². The predicted molar refractivity (Wildman–Crippen MR) is 102 cm³/mol. The summed E-state index contributed by atoms with van der Waals surface area (Å²) >= 11 is 0. The van der Waals surface area contributed by atoms with Crippen molar-refractivity contribution < 1.29 is 32.2 Å². The Morgan fingerprint density at radius 1 is 1.27 bits per heavy atom. The van der Waals surface area contributed by atoms with E-state index in [4.69, 9.17) is 4.42 Å². The number of alkyl halides is 3. The molecule has 2 heterocycles. The van der Waals surface area contributed by atoms with Crippen molar-refractivity contribution >= 4 is 5.91 Å². The Balaban J connectivity index is 1.86. The maximum atomic E-state index is 13.1. The highest BCUT2D eigenvalue weighted by Crippen LogP contribution is 2.35. The van der Waals surface area contributed by atoms with E-state index in [1.165, 1.54) is 23.1 Å². The summed E-state index contributed by atoms with van der Waals surface area (Å²) in [6.45, 7) is 7.02. The number of carbonyl (C=O) groups is 1. The highest BCUT2D eigenvalue weighted by Gasteiger charge is 2.37. The van der Waals surface area contributed by atoms with Gasteiger partial charge in [-0.15, -0.1) is 13.2 Å². The van der Waals surface area contributed by atoms with Gasteiger partial charge in [0.05, 0.1) is 11.5 Å². The molecule has 3 rings (SSSR count). The number of aryl methyl sites for hydroxylation is 1. The van der Waals surface area contributed by atoms with Gasteiger partial charge in [-0.25, -0.2) is 4.98 Å². The lowest BCUT2D eigenvalue weighted by atomic mass is 9.92. The van der Waals surface area contributed by atoms with Crippen molar-refractivity contribution in [3.63, 3.8) is 0 Å². The van der Waals surface area contributed by atoms with Crippen LogP contribution in [0.1, 0.15) is 67.2 Å². The second-order valence-electron chi connectivity index (χ2n) is 8.14. The number of para-hydroxylation sites is 1. The lowest BCUT2D eigenvalue weighted by Crippen LogP contribution is -2.45. The Hall–Kier alpha value is -2.55. The monoisotopic (exact) mass is 426 g/mol. The fourth-order valence-electron chi connectivity index (χ4n) is 3.76. The summed E-state index contributed by atoms with van der Waals surface area (Å²) in [6, 6.07) is 5.16. The van der Waals surface area contributed by atoms with Crippen molar-refractivity contribution in [1.29, 1.82) is 0 Å². The van der Waals surface area contributed by atoms with Crippen LogP contribution in [0, 0.1) is 6.92 Å². The molecule has 6 nitrogen and oxygen atoms in total. The maximum Gasteiger partial charge on any atom is 0.573 e. The van der Waals surface area contributed by atoms with Crippen molar-refractivity contribution in [2.45, 2.75) is 64.5 Å². The molecule has 0 spiro atoms. The molecule has 1 amide bonds. The van der Waals surface area contributed by atoms with E-state index in [9.17, 15) is 23.1 Å². The summed E-state index contributed by atoms with van der Waals surface area (Å²) in [4.78, 5) is 19.1. The van der Waals surface area contributed by atoms with Gasteiger partial charge < -0.3 is 19.2 Å². The summed E-state index contributed by atoms with van der Waals surface area (Å²) in [6.07, 6.45) is -3.55. The molecule has 1 fully saturated rings. The predicted octanol–water partition coefficient (Wildman–Crippen LogP) is 4.52. The summed E-state index contributed by atoms with van der Waals surface area (Å²) in [5.74, 6) is -0.388. The molecule has 0 aliphatic carbocycles. The molecular formula is C21H25F3N2O4. The largest absolute Gasteiger partial charge is 0.573 e. The van der Waals surface area contributed by atoms with Gasteiger partial charge in [0.1, 0.15) is 22.8 Å². The SMILES string of the molecule is Cc1oc([C@@H]2CC[C@@H](C)N(C(=O)c3ccccc3OC(F)(F)F)C2)nc1C(C)(C)O. The van der Waals surface area contributed by atoms with Crippen molar-refractivity contribution in [3.8, 4) is 5.75 Å². The first-order chi connectivity index (χ1) is 13.9. The fourth-order valence-corrected chi connectivity index (χ4v) is 3.76. The second kappa shape index (κ2) is 7.94. The Morgan fingerprint density at radius 3 is 2.53 bits per heavy atom. The quantitative estimate of drug-likeness (QED) is 0.778. The van der Waals surface area contributed by atoms with Gasteiger partial charge >= 0.3 is 6.36 Å². The molecule has 30 heavy (non-hydrogen) atoms. The molecule has 0 radical (unpaired) electrons. The number of oxazole rings is 1. The first kappa shape index (κ1) is 22.1. The molecular weight excluding hydrogens is 401 g/mol. The molecule has 0 bridgehead atoms. The molecule has 1 aromatic carbocycles. The van der Waals surface area contributed by atoms with E-state index < -0.39 is 23.6 Å². The number of carbonyl (C=O) groups excluding carboxylic acids is 1. The van der Waals surface area contributed by atoms with Crippen molar-refractivity contribution in [3.05, 3.63) is 47.2 Å². The topological polar surface area (TPSA) is 75.8 Å². The first-order valence-electron chi connectivity index (χ1n) is 9.72. The van der Waals surface area contributed by atoms with Crippen LogP contribution >= 0.6 is 0 Å². The minimum absolute atomic E-state index is 0.150. The molecule has 1 aliphatic rings. The number of benzene rings is 1.